The second-order valence-corrected chi connectivity index (χ2v) is 2.78. The molecule has 0 radical (unpaired) electrons. The molecule has 1 aromatic carbocycles. The number of nitro groups is 1. The molecular weight excluding hydrogens is 230 g/mol. The van der Waals surface area contributed by atoms with Gasteiger partial charge in [-0.2, -0.15) is 0 Å². The number of benzene rings is 1. The number of hydrogen-bond acceptors (Lipinski definition) is 4. The average molecular weight is 235 g/mol. The van der Waals surface area contributed by atoms with Crippen LogP contribution in [-0.2, 0) is 0 Å². The average Bonchev–Trinajstić information content (AvgIpc) is 2.15. The lowest BCUT2D eigenvalue weighted by atomic mass is 9.75. The van der Waals surface area contributed by atoms with E-state index in [2.05, 4.69) is 4.74 Å². The van der Waals surface area contributed by atoms with E-state index < -0.39 is 24.0 Å². The maximum absolute atomic E-state index is 11.7. The minimum Gasteiger partial charge on any atom is -0.406 e. The van der Waals surface area contributed by atoms with Crippen LogP contribution in [0.2, 0.25) is 0 Å². The molecule has 5 nitrogen and oxygen atoms in total. The number of nitrogens with zero attached hydrogens (tertiary/aromatic N) is 1. The van der Waals surface area contributed by atoms with E-state index in [1.165, 1.54) is 0 Å². The number of alkyl halides is 3. The molecule has 0 saturated carbocycles. The van der Waals surface area contributed by atoms with Crippen molar-refractivity contribution in [3.63, 3.8) is 0 Å². The van der Waals surface area contributed by atoms with Crippen molar-refractivity contribution in [3.8, 4) is 5.75 Å². The summed E-state index contributed by atoms with van der Waals surface area (Å²) in [5.41, 5.74) is -0.125. The van der Waals surface area contributed by atoms with E-state index in [1.54, 1.807) is 0 Å². The molecule has 86 valence electrons. The smallest absolute Gasteiger partial charge is 0.406 e. The summed E-state index contributed by atoms with van der Waals surface area (Å²) < 4.78 is 38.8. The zero-order chi connectivity index (χ0) is 12.3. The molecule has 9 heteroatoms. The first-order chi connectivity index (χ1) is 7.29. The Morgan fingerprint density at radius 3 is 2.19 bits per heavy atom. The van der Waals surface area contributed by atoms with E-state index in [1.807, 2.05) is 0 Å². The van der Waals surface area contributed by atoms with E-state index in [0.29, 0.717) is 0 Å². The van der Waals surface area contributed by atoms with Crippen LogP contribution in [0.3, 0.4) is 0 Å². The topological polar surface area (TPSA) is 72.6 Å². The Hall–Kier alpha value is -1.77. The van der Waals surface area contributed by atoms with Crippen LogP contribution in [0.25, 0.3) is 0 Å². The maximum Gasteiger partial charge on any atom is 0.747 e. The quantitative estimate of drug-likeness (QED) is 0.471. The summed E-state index contributed by atoms with van der Waals surface area (Å²) in [7, 11) is -1.96. The highest BCUT2D eigenvalue weighted by molar-refractivity contribution is 6.58. The summed E-state index contributed by atoms with van der Waals surface area (Å²) in [6, 6.07) is 3.73. The van der Waals surface area contributed by atoms with Gasteiger partial charge in [0.15, 0.2) is 0 Å². The van der Waals surface area contributed by atoms with Crippen molar-refractivity contribution in [2.45, 2.75) is 6.36 Å². The van der Waals surface area contributed by atoms with Crippen LogP contribution in [0.5, 0.6) is 5.75 Å². The normalized spacial score (nSPS) is 11.0. The summed E-state index contributed by atoms with van der Waals surface area (Å²) in [4.78, 5) is 9.19. The lowest BCUT2D eigenvalue weighted by Gasteiger charge is -2.08. The second-order valence-electron chi connectivity index (χ2n) is 2.78. The Labute approximate surface area is 87.7 Å². The number of rotatable bonds is 3. The molecule has 0 amide bonds. The van der Waals surface area contributed by atoms with E-state index in [9.17, 15) is 23.3 Å². The minimum absolute atomic E-state index is 0.125. The Morgan fingerprint density at radius 2 is 1.81 bits per heavy atom. The van der Waals surface area contributed by atoms with Crippen LogP contribution < -0.4 is 10.2 Å². The van der Waals surface area contributed by atoms with Crippen molar-refractivity contribution in [2.24, 2.45) is 0 Å². The summed E-state index contributed by atoms with van der Waals surface area (Å²) in [6.45, 7) is 0. The van der Waals surface area contributed by atoms with Gasteiger partial charge in [0.1, 0.15) is 5.75 Å². The number of hydrogen-bond donors (Lipinski definition) is 1. The molecule has 16 heavy (non-hydrogen) atoms. The highest BCUT2D eigenvalue weighted by Crippen LogP contribution is 2.21. The van der Waals surface area contributed by atoms with Crippen LogP contribution in [-0.4, -0.2) is 23.3 Å². The Kier molecular flexibility index (Phi) is 3.38. The molecule has 0 aliphatic heterocycles. The third kappa shape index (κ3) is 3.42. The van der Waals surface area contributed by atoms with E-state index in [-0.39, 0.29) is 5.46 Å². The molecule has 0 fully saturated rings. The fraction of sp³-hybridized carbons (Fsp3) is 0.143. The van der Waals surface area contributed by atoms with Gasteiger partial charge in [0.05, 0.1) is 0 Å². The summed E-state index contributed by atoms with van der Waals surface area (Å²) in [5, 5.41) is 19.1. The lowest BCUT2D eigenvalue weighted by Crippen LogP contribution is -2.38. The highest BCUT2D eigenvalue weighted by Gasteiger charge is 2.34. The Morgan fingerprint density at radius 1 is 1.31 bits per heavy atom. The largest absolute Gasteiger partial charge is 0.747 e. The molecule has 0 heterocycles. The van der Waals surface area contributed by atoms with Crippen molar-refractivity contribution in [1.29, 1.82) is 0 Å². The lowest BCUT2D eigenvalue weighted by molar-refractivity contribution is -0.344. The number of halogens is 3. The molecule has 0 spiro atoms. The van der Waals surface area contributed by atoms with Gasteiger partial charge in [0, 0.05) is 5.46 Å². The molecular formula is C7H5BF3NO4. The number of ether oxygens (including phenoxy) is 1. The molecule has 1 rings (SSSR count). The summed E-state index contributed by atoms with van der Waals surface area (Å²) >= 11 is 0. The van der Waals surface area contributed by atoms with E-state index in [0.717, 1.165) is 24.3 Å². The zero-order valence-electron chi connectivity index (χ0n) is 7.64. The molecule has 1 aromatic rings. The van der Waals surface area contributed by atoms with Crippen molar-refractivity contribution >= 4 is 12.5 Å². The molecule has 0 atom stereocenters. The van der Waals surface area contributed by atoms with Crippen LogP contribution in [0.15, 0.2) is 24.3 Å². The van der Waals surface area contributed by atoms with Crippen LogP contribution in [0, 0.1) is 10.1 Å². The maximum atomic E-state index is 11.7. The van der Waals surface area contributed by atoms with Crippen LogP contribution in [0.4, 0.5) is 13.2 Å². The van der Waals surface area contributed by atoms with E-state index >= 15 is 0 Å². The molecule has 0 unspecified atom stereocenters. The molecule has 0 aliphatic rings. The zero-order valence-corrected chi connectivity index (χ0v) is 7.64. The predicted octanol–water partition coefficient (Wildman–Crippen LogP) is 0.549. The first-order valence-corrected chi connectivity index (χ1v) is 3.97. The fourth-order valence-corrected chi connectivity index (χ4v) is 0.963. The van der Waals surface area contributed by atoms with Gasteiger partial charge in [0.25, 0.3) is 0 Å². The SMILES string of the molecule is O=[N+]([O-])B(O)c1ccc(OC(F)(F)F)cc1. The molecule has 0 aliphatic carbocycles. The minimum atomic E-state index is -4.82. The summed E-state index contributed by atoms with van der Waals surface area (Å²) in [6.07, 6.45) is -4.82. The third-order valence-corrected chi connectivity index (χ3v) is 1.61. The first-order valence-electron chi connectivity index (χ1n) is 3.97. The highest BCUT2D eigenvalue weighted by atomic mass is 19.4. The standard InChI is InChI=1S/C7H5BF3NO4/c9-7(10,11)16-6-3-1-5(2-4-6)8(13)12(14)15/h1-4,13H. The van der Waals surface area contributed by atoms with Crippen LogP contribution >= 0.6 is 0 Å². The predicted molar refractivity (Wildman–Crippen MR) is 47.7 cm³/mol. The van der Waals surface area contributed by atoms with Gasteiger partial charge < -0.3 is 9.76 Å². The second kappa shape index (κ2) is 4.39. The first kappa shape index (κ1) is 12.3. The molecule has 0 saturated heterocycles. The van der Waals surface area contributed by atoms with Crippen molar-refractivity contribution in [3.05, 3.63) is 34.4 Å². The third-order valence-electron chi connectivity index (χ3n) is 1.61. The van der Waals surface area contributed by atoms with Gasteiger partial charge in [-0.25, -0.2) is 0 Å². The molecule has 0 bridgehead atoms. The molecule has 0 aromatic heterocycles. The van der Waals surface area contributed by atoms with E-state index in [4.69, 9.17) is 5.02 Å². The van der Waals surface area contributed by atoms with Crippen molar-refractivity contribution < 1.29 is 27.8 Å². The summed E-state index contributed by atoms with van der Waals surface area (Å²) in [5.74, 6) is -0.508. The molecule has 1 N–H and O–H groups in total. The van der Waals surface area contributed by atoms with Gasteiger partial charge in [-0.15, -0.1) is 13.2 Å². The Bertz CT molecular complexity index is 380. The Balaban J connectivity index is 2.79. The van der Waals surface area contributed by atoms with Gasteiger partial charge >= 0.3 is 13.4 Å². The monoisotopic (exact) mass is 235 g/mol. The van der Waals surface area contributed by atoms with Gasteiger partial charge in [-0.3, -0.25) is 10.1 Å². The van der Waals surface area contributed by atoms with Crippen molar-refractivity contribution in [2.75, 3.05) is 0 Å². The van der Waals surface area contributed by atoms with Crippen LogP contribution in [0.1, 0.15) is 0 Å². The van der Waals surface area contributed by atoms with Gasteiger partial charge in [-0.1, -0.05) is 12.1 Å². The fourth-order valence-electron chi connectivity index (χ4n) is 0.963. The van der Waals surface area contributed by atoms with Gasteiger partial charge in [0.2, 0.25) is 0 Å². The van der Waals surface area contributed by atoms with Gasteiger partial charge in [-0.05, 0) is 17.0 Å². The van der Waals surface area contributed by atoms with Crippen molar-refractivity contribution in [1.82, 2.24) is 0 Å².